The maximum Gasteiger partial charge on any atom is 0.326 e. The second-order valence-corrected chi connectivity index (χ2v) is 5.16. The number of carboxylic acid groups (broad SMARTS) is 1. The molecule has 2 heterocycles. The van der Waals surface area contributed by atoms with E-state index in [-0.39, 0.29) is 18.2 Å². The summed E-state index contributed by atoms with van der Waals surface area (Å²) in [5.74, 6) is -0.895. The zero-order valence-corrected chi connectivity index (χ0v) is 11.1. The lowest BCUT2D eigenvalue weighted by Crippen LogP contribution is -2.33. The predicted molar refractivity (Wildman–Crippen MR) is 75.0 cm³/mol. The van der Waals surface area contributed by atoms with Gasteiger partial charge >= 0.3 is 11.7 Å². The summed E-state index contributed by atoms with van der Waals surface area (Å²) in [5, 5.41) is 12.2. The van der Waals surface area contributed by atoms with Gasteiger partial charge in [-0.2, -0.15) is 0 Å². The van der Waals surface area contributed by atoms with Crippen LogP contribution in [0.3, 0.4) is 0 Å². The largest absolute Gasteiger partial charge is 0.481 e. The summed E-state index contributed by atoms with van der Waals surface area (Å²) in [4.78, 5) is 25.9. The number of piperidine rings is 1. The fourth-order valence-corrected chi connectivity index (χ4v) is 2.95. The van der Waals surface area contributed by atoms with E-state index in [1.165, 1.54) is 0 Å². The second kappa shape index (κ2) is 5.13. The van der Waals surface area contributed by atoms with Crippen molar-refractivity contribution in [1.29, 1.82) is 0 Å². The van der Waals surface area contributed by atoms with Crippen LogP contribution >= 0.6 is 0 Å². The first-order valence-corrected chi connectivity index (χ1v) is 6.81. The lowest BCUT2D eigenvalue weighted by atomic mass is 10.1. The van der Waals surface area contributed by atoms with Crippen LogP contribution in [0.1, 0.15) is 24.4 Å². The van der Waals surface area contributed by atoms with Crippen molar-refractivity contribution in [1.82, 2.24) is 14.9 Å². The normalized spacial score (nSPS) is 16.6. The Balaban J connectivity index is 2.11. The number of aliphatic carboxylic acids is 1. The summed E-state index contributed by atoms with van der Waals surface area (Å²) < 4.78 is 1.78. The zero-order chi connectivity index (χ0) is 14.1. The first-order valence-electron chi connectivity index (χ1n) is 6.81. The van der Waals surface area contributed by atoms with Gasteiger partial charge in [-0.05, 0) is 37.6 Å². The van der Waals surface area contributed by atoms with Crippen molar-refractivity contribution in [2.45, 2.75) is 25.3 Å². The summed E-state index contributed by atoms with van der Waals surface area (Å²) in [6, 6.07) is 5.61. The Kier molecular flexibility index (Phi) is 3.31. The number of hydrogen-bond acceptors (Lipinski definition) is 3. The number of fused-ring (bicyclic) bond motifs is 1. The van der Waals surface area contributed by atoms with Gasteiger partial charge in [0.05, 0.1) is 17.5 Å². The first-order chi connectivity index (χ1) is 9.66. The molecule has 2 aromatic rings. The number of nitrogens with zero attached hydrogens (tertiary/aromatic N) is 1. The number of imidazole rings is 1. The Labute approximate surface area is 115 Å². The molecule has 3 N–H and O–H groups in total. The molecule has 1 aliphatic rings. The maximum absolute atomic E-state index is 12.2. The topological polar surface area (TPSA) is 87.1 Å². The standard InChI is InChI=1S/C14H17N3O3/c18-12(19)8-9-2-1-3-11-13(9)16-14(20)17(11)10-4-6-15-7-5-10/h1-3,10,15H,4-8H2,(H,16,20)(H,18,19). The number of carboxylic acids is 1. The molecule has 3 rings (SSSR count). The summed E-state index contributed by atoms with van der Waals surface area (Å²) >= 11 is 0. The van der Waals surface area contributed by atoms with E-state index in [1.54, 1.807) is 10.6 Å². The number of aromatic amines is 1. The summed E-state index contributed by atoms with van der Waals surface area (Å²) in [5.41, 5.74) is 1.96. The van der Waals surface area contributed by atoms with E-state index in [4.69, 9.17) is 5.11 Å². The SMILES string of the molecule is O=C(O)Cc1cccc2c1[nH]c(=O)n2C1CCNCC1. The van der Waals surface area contributed by atoms with Crippen molar-refractivity contribution in [2.24, 2.45) is 0 Å². The molecule has 0 spiro atoms. The minimum atomic E-state index is -0.895. The van der Waals surface area contributed by atoms with Gasteiger partial charge in [0.25, 0.3) is 0 Å². The molecule has 6 heteroatoms. The number of H-pyrrole nitrogens is 1. The van der Waals surface area contributed by atoms with Gasteiger partial charge in [0.15, 0.2) is 0 Å². The van der Waals surface area contributed by atoms with Gasteiger partial charge in [0, 0.05) is 6.04 Å². The van der Waals surface area contributed by atoms with Crippen molar-refractivity contribution in [3.8, 4) is 0 Å². The molecule has 106 valence electrons. The van der Waals surface area contributed by atoms with Crippen molar-refractivity contribution >= 4 is 17.0 Å². The minimum absolute atomic E-state index is 0.0798. The molecular formula is C14H17N3O3. The van der Waals surface area contributed by atoms with Crippen LogP contribution in [-0.2, 0) is 11.2 Å². The molecule has 1 aromatic heterocycles. The maximum atomic E-state index is 12.2. The van der Waals surface area contributed by atoms with Gasteiger partial charge in [0.2, 0.25) is 0 Å². The Morgan fingerprint density at radius 2 is 2.10 bits per heavy atom. The smallest absolute Gasteiger partial charge is 0.326 e. The third-order valence-corrected chi connectivity index (χ3v) is 3.85. The molecule has 0 bridgehead atoms. The van der Waals surface area contributed by atoms with Crippen molar-refractivity contribution < 1.29 is 9.90 Å². The highest BCUT2D eigenvalue weighted by Gasteiger charge is 2.20. The monoisotopic (exact) mass is 275 g/mol. The third kappa shape index (κ3) is 2.22. The molecule has 0 atom stereocenters. The zero-order valence-electron chi connectivity index (χ0n) is 11.1. The molecule has 0 amide bonds. The van der Waals surface area contributed by atoms with Crippen LogP contribution in [0.5, 0.6) is 0 Å². The lowest BCUT2D eigenvalue weighted by Gasteiger charge is -2.23. The quantitative estimate of drug-likeness (QED) is 0.776. The van der Waals surface area contributed by atoms with Crippen LogP contribution in [0.2, 0.25) is 0 Å². The molecule has 0 radical (unpaired) electrons. The van der Waals surface area contributed by atoms with Crippen LogP contribution in [0, 0.1) is 0 Å². The molecule has 1 aliphatic heterocycles. The first kappa shape index (κ1) is 12.9. The van der Waals surface area contributed by atoms with Crippen LogP contribution < -0.4 is 11.0 Å². The lowest BCUT2D eigenvalue weighted by molar-refractivity contribution is -0.136. The van der Waals surface area contributed by atoms with Crippen molar-refractivity contribution in [3.05, 3.63) is 34.2 Å². The second-order valence-electron chi connectivity index (χ2n) is 5.16. The van der Waals surface area contributed by atoms with E-state index >= 15 is 0 Å². The molecule has 0 saturated carbocycles. The minimum Gasteiger partial charge on any atom is -0.481 e. The molecule has 0 unspecified atom stereocenters. The molecule has 20 heavy (non-hydrogen) atoms. The molecule has 0 aliphatic carbocycles. The predicted octanol–water partition coefficient (Wildman–Crippen LogP) is 0.881. The molecule has 6 nitrogen and oxygen atoms in total. The highest BCUT2D eigenvalue weighted by atomic mass is 16.4. The highest BCUT2D eigenvalue weighted by molar-refractivity contribution is 5.83. The van der Waals surface area contributed by atoms with Crippen LogP contribution in [0.25, 0.3) is 11.0 Å². The van der Waals surface area contributed by atoms with E-state index in [0.29, 0.717) is 11.1 Å². The van der Waals surface area contributed by atoms with Crippen molar-refractivity contribution in [3.63, 3.8) is 0 Å². The van der Waals surface area contributed by atoms with Gasteiger partial charge in [-0.15, -0.1) is 0 Å². The van der Waals surface area contributed by atoms with E-state index in [9.17, 15) is 9.59 Å². The Hall–Kier alpha value is -2.08. The number of nitrogens with one attached hydrogen (secondary N) is 2. The Bertz CT molecular complexity index is 695. The number of hydrogen-bond donors (Lipinski definition) is 3. The van der Waals surface area contributed by atoms with E-state index in [1.807, 2.05) is 12.1 Å². The van der Waals surface area contributed by atoms with Crippen LogP contribution in [0.4, 0.5) is 0 Å². The van der Waals surface area contributed by atoms with Crippen LogP contribution in [-0.4, -0.2) is 33.7 Å². The number of rotatable bonds is 3. The fourth-order valence-electron chi connectivity index (χ4n) is 2.95. The van der Waals surface area contributed by atoms with E-state index in [0.717, 1.165) is 31.4 Å². The van der Waals surface area contributed by atoms with Gasteiger partial charge in [-0.3, -0.25) is 9.36 Å². The molecule has 1 aromatic carbocycles. The number of benzene rings is 1. The molecule has 1 saturated heterocycles. The van der Waals surface area contributed by atoms with E-state index in [2.05, 4.69) is 10.3 Å². The number of para-hydroxylation sites is 1. The average molecular weight is 275 g/mol. The van der Waals surface area contributed by atoms with Gasteiger partial charge in [-0.1, -0.05) is 12.1 Å². The summed E-state index contributed by atoms with van der Waals surface area (Å²) in [7, 11) is 0. The van der Waals surface area contributed by atoms with Gasteiger partial charge in [0.1, 0.15) is 0 Å². The third-order valence-electron chi connectivity index (χ3n) is 3.85. The Morgan fingerprint density at radius 3 is 2.80 bits per heavy atom. The molecule has 1 fully saturated rings. The molecular weight excluding hydrogens is 258 g/mol. The Morgan fingerprint density at radius 1 is 1.35 bits per heavy atom. The van der Waals surface area contributed by atoms with Gasteiger partial charge < -0.3 is 15.4 Å². The number of carbonyl (C=O) groups is 1. The highest BCUT2D eigenvalue weighted by Crippen LogP contribution is 2.23. The number of aromatic nitrogens is 2. The summed E-state index contributed by atoms with van der Waals surface area (Å²) in [6.45, 7) is 1.80. The fraction of sp³-hybridized carbons (Fsp3) is 0.429. The van der Waals surface area contributed by atoms with Crippen molar-refractivity contribution in [2.75, 3.05) is 13.1 Å². The van der Waals surface area contributed by atoms with Gasteiger partial charge in [-0.25, -0.2) is 4.79 Å². The average Bonchev–Trinajstić information content (AvgIpc) is 2.76. The van der Waals surface area contributed by atoms with Crippen LogP contribution in [0.15, 0.2) is 23.0 Å². The van der Waals surface area contributed by atoms with E-state index < -0.39 is 5.97 Å². The summed E-state index contributed by atoms with van der Waals surface area (Å²) in [6.07, 6.45) is 1.75.